The number of hydrogen-bond acceptors (Lipinski definition) is 4. The third kappa shape index (κ3) is 2.38. The number of carbonyl (C=O) groups is 1. The maximum Gasteiger partial charge on any atom is 0.230 e. The summed E-state index contributed by atoms with van der Waals surface area (Å²) in [6, 6.07) is 5.10. The molecule has 1 aromatic heterocycles. The summed E-state index contributed by atoms with van der Waals surface area (Å²) in [5, 5.41) is 3.86. The molecule has 1 aromatic carbocycles. The third-order valence-electron chi connectivity index (χ3n) is 6.14. The Kier molecular flexibility index (Phi) is 3.75. The lowest BCUT2D eigenvalue weighted by atomic mass is 9.75. The Morgan fingerprint density at radius 1 is 1.12 bits per heavy atom. The summed E-state index contributed by atoms with van der Waals surface area (Å²) in [5.41, 5.74) is 1.60. The van der Waals surface area contributed by atoms with Crippen LogP contribution in [0.15, 0.2) is 36.9 Å². The number of fused-ring (bicyclic) bond motifs is 5. The highest BCUT2D eigenvalue weighted by molar-refractivity contribution is 6.42. The quantitative estimate of drug-likeness (QED) is 0.866. The molecule has 3 aliphatic rings. The Hall–Kier alpha value is -1.69. The predicted octanol–water partition coefficient (Wildman–Crippen LogP) is 3.79. The lowest BCUT2D eigenvalue weighted by Gasteiger charge is -2.26. The molecular weight excluding hydrogens is 373 g/mol. The Bertz CT molecular complexity index is 878. The maximum atomic E-state index is 13.1. The number of anilines is 1. The molecule has 1 aliphatic carbocycles. The van der Waals surface area contributed by atoms with Crippen LogP contribution in [0.3, 0.4) is 0 Å². The van der Waals surface area contributed by atoms with Gasteiger partial charge in [0.2, 0.25) is 5.91 Å². The summed E-state index contributed by atoms with van der Waals surface area (Å²) in [6.45, 7) is 2.25. The van der Waals surface area contributed by atoms with Crippen molar-refractivity contribution in [2.45, 2.75) is 25.0 Å². The van der Waals surface area contributed by atoms with E-state index in [1.54, 1.807) is 30.6 Å². The van der Waals surface area contributed by atoms with Crippen LogP contribution in [0.2, 0.25) is 10.0 Å². The van der Waals surface area contributed by atoms with Crippen molar-refractivity contribution in [3.05, 3.63) is 52.5 Å². The number of halogens is 2. The van der Waals surface area contributed by atoms with Crippen LogP contribution in [0.5, 0.6) is 0 Å². The monoisotopic (exact) mass is 389 g/mol. The van der Waals surface area contributed by atoms with Crippen molar-refractivity contribution in [3.8, 4) is 0 Å². The number of carbonyl (C=O) groups excluding carboxylic acids is 1. The van der Waals surface area contributed by atoms with Crippen LogP contribution in [0, 0.1) is 23.7 Å². The standard InChI is InChI=1S/C19H17Cl2N3O2/c1-8-13-14(8)18-16(15(17(13)26-18)9-5-22-7-23-6-9)19(25)24-10-2-3-11(20)12(21)4-10/h2-8,13-18H,1H3,(H,24,25)/t8-,13+,14-,15-,16-,17+,18-/m1/s1. The molecule has 2 saturated heterocycles. The van der Waals surface area contributed by atoms with Gasteiger partial charge in [-0.3, -0.25) is 4.79 Å². The maximum absolute atomic E-state index is 13.1. The zero-order valence-corrected chi connectivity index (χ0v) is 15.5. The predicted molar refractivity (Wildman–Crippen MR) is 98.2 cm³/mol. The van der Waals surface area contributed by atoms with Crippen molar-refractivity contribution >= 4 is 34.8 Å². The highest BCUT2D eigenvalue weighted by atomic mass is 35.5. The summed E-state index contributed by atoms with van der Waals surface area (Å²) in [6.07, 6.45) is 5.11. The normalized spacial score (nSPS) is 36.7. The zero-order chi connectivity index (χ0) is 18.0. The Morgan fingerprint density at radius 2 is 1.85 bits per heavy atom. The summed E-state index contributed by atoms with van der Waals surface area (Å²) < 4.78 is 6.22. The second kappa shape index (κ2) is 5.91. The first kappa shape index (κ1) is 16.5. The van der Waals surface area contributed by atoms with E-state index >= 15 is 0 Å². The molecule has 3 fully saturated rings. The van der Waals surface area contributed by atoms with Crippen molar-refractivity contribution in [1.29, 1.82) is 0 Å². The first-order valence-corrected chi connectivity index (χ1v) is 9.48. The fourth-order valence-electron chi connectivity index (χ4n) is 4.97. The number of ether oxygens (including phenoxy) is 1. The Labute approximate surface area is 161 Å². The molecule has 0 radical (unpaired) electrons. The van der Waals surface area contributed by atoms with Crippen LogP contribution in [-0.4, -0.2) is 28.1 Å². The number of nitrogens with one attached hydrogen (secondary N) is 1. The van der Waals surface area contributed by atoms with E-state index in [0.717, 1.165) is 5.56 Å². The van der Waals surface area contributed by atoms with Crippen LogP contribution in [0.1, 0.15) is 18.4 Å². The largest absolute Gasteiger partial charge is 0.373 e. The molecule has 2 aromatic rings. The number of benzene rings is 1. The van der Waals surface area contributed by atoms with Gasteiger partial charge in [0, 0.05) is 24.0 Å². The van der Waals surface area contributed by atoms with Gasteiger partial charge in [-0.1, -0.05) is 30.1 Å². The van der Waals surface area contributed by atoms with E-state index in [4.69, 9.17) is 27.9 Å². The molecule has 5 nitrogen and oxygen atoms in total. The Balaban J connectivity index is 1.45. The number of nitrogens with zero attached hydrogens (tertiary/aromatic N) is 2. The lowest BCUT2D eigenvalue weighted by molar-refractivity contribution is -0.122. The van der Waals surface area contributed by atoms with Gasteiger partial charge in [0.15, 0.2) is 0 Å². The van der Waals surface area contributed by atoms with E-state index in [1.165, 1.54) is 6.33 Å². The van der Waals surface area contributed by atoms with Crippen molar-refractivity contribution in [1.82, 2.24) is 9.97 Å². The molecule has 7 heteroatoms. The van der Waals surface area contributed by atoms with Crippen molar-refractivity contribution in [3.63, 3.8) is 0 Å². The van der Waals surface area contributed by atoms with Crippen LogP contribution >= 0.6 is 23.2 Å². The zero-order valence-electron chi connectivity index (χ0n) is 14.0. The summed E-state index contributed by atoms with van der Waals surface area (Å²) >= 11 is 12.0. The van der Waals surface area contributed by atoms with Gasteiger partial charge < -0.3 is 10.1 Å². The summed E-state index contributed by atoms with van der Waals surface area (Å²) in [4.78, 5) is 21.4. The van der Waals surface area contributed by atoms with E-state index < -0.39 is 0 Å². The number of amides is 1. The van der Waals surface area contributed by atoms with Gasteiger partial charge >= 0.3 is 0 Å². The van der Waals surface area contributed by atoms with Crippen LogP contribution in [0.4, 0.5) is 5.69 Å². The minimum Gasteiger partial charge on any atom is -0.373 e. The van der Waals surface area contributed by atoms with Gasteiger partial charge in [-0.05, 0) is 41.5 Å². The average molecular weight is 390 g/mol. The second-order valence-corrected chi connectivity index (χ2v) is 8.24. The summed E-state index contributed by atoms with van der Waals surface area (Å²) in [7, 11) is 0. The molecule has 1 saturated carbocycles. The third-order valence-corrected chi connectivity index (χ3v) is 6.88. The summed E-state index contributed by atoms with van der Waals surface area (Å²) in [5.74, 6) is 1.29. The van der Waals surface area contributed by atoms with Crippen molar-refractivity contribution < 1.29 is 9.53 Å². The van der Waals surface area contributed by atoms with Gasteiger partial charge in [-0.2, -0.15) is 0 Å². The molecular formula is C19H17Cl2N3O2. The van der Waals surface area contributed by atoms with Gasteiger partial charge in [0.1, 0.15) is 6.33 Å². The molecule has 1 amide bonds. The SMILES string of the molecule is C[C@@H]1[C@@H]2[C@@H]3O[C@@H]([C@H](C(=O)Nc4ccc(Cl)c(Cl)c4)[C@H]3c3cncnc3)[C@H]12. The molecule has 5 rings (SSSR count). The number of aromatic nitrogens is 2. The molecule has 134 valence electrons. The molecule has 26 heavy (non-hydrogen) atoms. The van der Waals surface area contributed by atoms with Crippen molar-refractivity contribution in [2.24, 2.45) is 23.7 Å². The number of rotatable bonds is 3. The second-order valence-electron chi connectivity index (χ2n) is 7.42. The topological polar surface area (TPSA) is 64.1 Å². The van der Waals surface area contributed by atoms with Crippen LogP contribution in [-0.2, 0) is 9.53 Å². The van der Waals surface area contributed by atoms with Gasteiger partial charge in [0.05, 0.1) is 28.2 Å². The minimum absolute atomic E-state index is 0.0184. The fourth-order valence-corrected chi connectivity index (χ4v) is 5.27. The smallest absolute Gasteiger partial charge is 0.230 e. The Morgan fingerprint density at radius 3 is 2.58 bits per heavy atom. The molecule has 2 bridgehead atoms. The van der Waals surface area contributed by atoms with Gasteiger partial charge in [0.25, 0.3) is 0 Å². The van der Waals surface area contributed by atoms with E-state index in [0.29, 0.717) is 33.5 Å². The van der Waals surface area contributed by atoms with Gasteiger partial charge in [-0.25, -0.2) is 9.97 Å². The highest BCUT2D eigenvalue weighted by Gasteiger charge is 2.72. The van der Waals surface area contributed by atoms with E-state index in [2.05, 4.69) is 22.2 Å². The minimum atomic E-state index is -0.258. The highest BCUT2D eigenvalue weighted by Crippen LogP contribution is 2.68. The fraction of sp³-hybridized carbons (Fsp3) is 0.421. The van der Waals surface area contributed by atoms with Crippen molar-refractivity contribution in [2.75, 3.05) is 5.32 Å². The molecule has 2 aliphatic heterocycles. The lowest BCUT2D eigenvalue weighted by Crippen LogP contribution is -2.37. The van der Waals surface area contributed by atoms with Crippen LogP contribution < -0.4 is 5.32 Å². The van der Waals surface area contributed by atoms with Gasteiger partial charge in [-0.15, -0.1) is 0 Å². The molecule has 0 spiro atoms. The van der Waals surface area contributed by atoms with E-state index in [-0.39, 0.29) is 30.0 Å². The molecule has 1 N–H and O–H groups in total. The van der Waals surface area contributed by atoms with E-state index in [9.17, 15) is 4.79 Å². The first-order valence-electron chi connectivity index (χ1n) is 8.72. The number of hydrogen-bond donors (Lipinski definition) is 1. The molecule has 7 atom stereocenters. The molecule has 3 heterocycles. The average Bonchev–Trinajstić information content (AvgIpc) is 3.02. The molecule has 0 unspecified atom stereocenters. The first-order chi connectivity index (χ1) is 12.6. The van der Waals surface area contributed by atoms with E-state index in [1.807, 2.05) is 0 Å². The van der Waals surface area contributed by atoms with Crippen LogP contribution in [0.25, 0.3) is 0 Å².